The molecule has 5 heteroatoms. The first-order valence-corrected chi connectivity index (χ1v) is 5.93. The molecule has 0 saturated heterocycles. The molecule has 0 aliphatic heterocycles. The molecule has 0 radical (unpaired) electrons. The second-order valence-electron chi connectivity index (χ2n) is 4.00. The number of aromatic nitrogens is 2. The van der Waals surface area contributed by atoms with Crippen molar-refractivity contribution in [3.63, 3.8) is 0 Å². The number of rotatable bonds is 3. The van der Waals surface area contributed by atoms with E-state index in [9.17, 15) is 4.39 Å². The van der Waals surface area contributed by atoms with Gasteiger partial charge >= 0.3 is 0 Å². The lowest BCUT2D eigenvalue weighted by Gasteiger charge is -2.10. The van der Waals surface area contributed by atoms with E-state index in [4.69, 9.17) is 11.6 Å². The molecular formula is C13H13ClFN3. The second-order valence-corrected chi connectivity index (χ2v) is 4.33. The third kappa shape index (κ3) is 2.76. The minimum atomic E-state index is -0.237. The number of nitrogens with one attached hydrogen (secondary N) is 1. The predicted octanol–water partition coefficient (Wildman–Crippen LogP) is 3.50. The minimum absolute atomic E-state index is 0.189. The average Bonchev–Trinajstić information content (AvgIpc) is 2.33. The Morgan fingerprint density at radius 2 is 1.94 bits per heavy atom. The van der Waals surface area contributed by atoms with Gasteiger partial charge in [-0.1, -0.05) is 18.2 Å². The minimum Gasteiger partial charge on any atom is -0.366 e. The number of nitrogens with zero attached hydrogens (tertiary/aromatic N) is 2. The molecular weight excluding hydrogens is 253 g/mol. The Labute approximate surface area is 110 Å². The van der Waals surface area contributed by atoms with E-state index in [2.05, 4.69) is 15.3 Å². The van der Waals surface area contributed by atoms with Crippen LogP contribution in [-0.2, 0) is 6.54 Å². The lowest BCUT2D eigenvalue weighted by molar-refractivity contribution is 0.613. The van der Waals surface area contributed by atoms with E-state index in [0.29, 0.717) is 17.9 Å². The third-order valence-electron chi connectivity index (χ3n) is 2.77. The fourth-order valence-corrected chi connectivity index (χ4v) is 1.80. The van der Waals surface area contributed by atoms with Gasteiger partial charge in [-0.15, -0.1) is 0 Å². The molecule has 1 heterocycles. The predicted molar refractivity (Wildman–Crippen MR) is 70.2 cm³/mol. The molecule has 2 rings (SSSR count). The van der Waals surface area contributed by atoms with Crippen LogP contribution in [0.3, 0.4) is 0 Å². The normalized spacial score (nSPS) is 10.4. The lowest BCUT2D eigenvalue weighted by atomic mass is 10.2. The highest BCUT2D eigenvalue weighted by molar-refractivity contribution is 6.28. The molecule has 2 aromatic rings. The van der Waals surface area contributed by atoms with Crippen LogP contribution in [0.25, 0.3) is 0 Å². The van der Waals surface area contributed by atoms with Crippen molar-refractivity contribution in [3.05, 3.63) is 52.2 Å². The van der Waals surface area contributed by atoms with Crippen LogP contribution in [-0.4, -0.2) is 9.97 Å². The van der Waals surface area contributed by atoms with Crippen LogP contribution in [0.1, 0.15) is 16.8 Å². The zero-order valence-corrected chi connectivity index (χ0v) is 10.9. The van der Waals surface area contributed by atoms with Gasteiger partial charge in [0.05, 0.1) is 0 Å². The van der Waals surface area contributed by atoms with Crippen LogP contribution in [0.5, 0.6) is 0 Å². The fourth-order valence-electron chi connectivity index (χ4n) is 1.59. The first-order chi connectivity index (χ1) is 8.58. The Morgan fingerprint density at radius 3 is 2.67 bits per heavy atom. The Bertz CT molecular complexity index is 572. The van der Waals surface area contributed by atoms with Gasteiger partial charge in [-0.25, -0.2) is 14.4 Å². The average molecular weight is 266 g/mol. The maximum absolute atomic E-state index is 13.5. The molecule has 0 spiro atoms. The number of benzene rings is 1. The topological polar surface area (TPSA) is 37.8 Å². The lowest BCUT2D eigenvalue weighted by Crippen LogP contribution is -2.07. The highest BCUT2D eigenvalue weighted by atomic mass is 35.5. The van der Waals surface area contributed by atoms with Gasteiger partial charge in [0.2, 0.25) is 5.28 Å². The summed E-state index contributed by atoms with van der Waals surface area (Å²) in [6.45, 7) is 4.12. The van der Waals surface area contributed by atoms with Crippen LogP contribution in [0.15, 0.2) is 24.3 Å². The van der Waals surface area contributed by atoms with Crippen LogP contribution in [0.2, 0.25) is 5.28 Å². The van der Waals surface area contributed by atoms with Crippen molar-refractivity contribution in [3.8, 4) is 0 Å². The smallest absolute Gasteiger partial charge is 0.224 e. The van der Waals surface area contributed by atoms with Crippen molar-refractivity contribution in [1.82, 2.24) is 9.97 Å². The summed E-state index contributed by atoms with van der Waals surface area (Å²) in [4.78, 5) is 8.15. The number of hydrogen-bond acceptors (Lipinski definition) is 3. The van der Waals surface area contributed by atoms with E-state index in [1.54, 1.807) is 18.2 Å². The Balaban J connectivity index is 2.18. The van der Waals surface area contributed by atoms with Crippen LogP contribution >= 0.6 is 11.6 Å². The summed E-state index contributed by atoms with van der Waals surface area (Å²) in [5.41, 5.74) is 2.31. The van der Waals surface area contributed by atoms with Crippen molar-refractivity contribution in [2.45, 2.75) is 20.4 Å². The summed E-state index contributed by atoms with van der Waals surface area (Å²) in [5.74, 6) is 0.398. The summed E-state index contributed by atoms with van der Waals surface area (Å²) in [6.07, 6.45) is 0. The maximum atomic E-state index is 13.5. The number of aryl methyl sites for hydroxylation is 1. The molecule has 0 bridgehead atoms. The van der Waals surface area contributed by atoms with Crippen molar-refractivity contribution in [2.24, 2.45) is 0 Å². The Kier molecular flexibility index (Phi) is 3.77. The van der Waals surface area contributed by atoms with Gasteiger partial charge in [-0.3, -0.25) is 0 Å². The molecule has 1 aromatic carbocycles. The molecule has 1 N–H and O–H groups in total. The van der Waals surface area contributed by atoms with Gasteiger partial charge in [0.1, 0.15) is 11.6 Å². The Morgan fingerprint density at radius 1 is 1.22 bits per heavy atom. The zero-order chi connectivity index (χ0) is 13.1. The summed E-state index contributed by atoms with van der Waals surface area (Å²) in [5, 5.41) is 3.27. The van der Waals surface area contributed by atoms with Crippen molar-refractivity contribution >= 4 is 17.4 Å². The van der Waals surface area contributed by atoms with Crippen LogP contribution < -0.4 is 5.32 Å². The molecule has 0 aliphatic rings. The van der Waals surface area contributed by atoms with Gasteiger partial charge < -0.3 is 5.32 Å². The molecule has 0 saturated carbocycles. The van der Waals surface area contributed by atoms with Crippen molar-refractivity contribution in [2.75, 3.05) is 5.32 Å². The zero-order valence-electron chi connectivity index (χ0n) is 10.2. The van der Waals surface area contributed by atoms with E-state index in [1.807, 2.05) is 13.8 Å². The first kappa shape index (κ1) is 12.8. The number of hydrogen-bond donors (Lipinski definition) is 1. The van der Waals surface area contributed by atoms with E-state index in [-0.39, 0.29) is 11.1 Å². The molecule has 1 aromatic heterocycles. The Hall–Kier alpha value is -1.68. The first-order valence-electron chi connectivity index (χ1n) is 5.56. The highest BCUT2D eigenvalue weighted by Crippen LogP contribution is 2.18. The van der Waals surface area contributed by atoms with E-state index < -0.39 is 0 Å². The summed E-state index contributed by atoms with van der Waals surface area (Å²) >= 11 is 5.80. The monoisotopic (exact) mass is 265 g/mol. The SMILES string of the molecule is Cc1nc(Cl)nc(NCc2ccccc2F)c1C. The molecule has 0 fully saturated rings. The molecule has 94 valence electrons. The number of halogens is 2. The molecule has 0 unspecified atom stereocenters. The van der Waals surface area contributed by atoms with Crippen molar-refractivity contribution < 1.29 is 4.39 Å². The summed E-state index contributed by atoms with van der Waals surface area (Å²) in [6, 6.07) is 6.62. The second kappa shape index (κ2) is 5.31. The molecule has 0 amide bonds. The highest BCUT2D eigenvalue weighted by Gasteiger charge is 2.07. The quantitative estimate of drug-likeness (QED) is 0.863. The molecule has 3 nitrogen and oxygen atoms in total. The largest absolute Gasteiger partial charge is 0.366 e. The number of anilines is 1. The fraction of sp³-hybridized carbons (Fsp3) is 0.231. The van der Waals surface area contributed by atoms with E-state index in [1.165, 1.54) is 6.07 Å². The van der Waals surface area contributed by atoms with E-state index >= 15 is 0 Å². The molecule has 18 heavy (non-hydrogen) atoms. The maximum Gasteiger partial charge on any atom is 0.224 e. The van der Waals surface area contributed by atoms with Gasteiger partial charge in [-0.05, 0) is 31.5 Å². The third-order valence-corrected chi connectivity index (χ3v) is 2.94. The van der Waals surface area contributed by atoms with E-state index in [0.717, 1.165) is 11.3 Å². The van der Waals surface area contributed by atoms with Gasteiger partial charge in [0.15, 0.2) is 0 Å². The van der Waals surface area contributed by atoms with Crippen LogP contribution in [0.4, 0.5) is 10.2 Å². The van der Waals surface area contributed by atoms with Crippen molar-refractivity contribution in [1.29, 1.82) is 0 Å². The van der Waals surface area contributed by atoms with Gasteiger partial charge in [-0.2, -0.15) is 0 Å². The van der Waals surface area contributed by atoms with Gasteiger partial charge in [0, 0.05) is 23.4 Å². The van der Waals surface area contributed by atoms with Crippen LogP contribution in [0, 0.1) is 19.7 Å². The molecule has 0 aliphatic carbocycles. The summed E-state index contributed by atoms with van der Waals surface area (Å²) < 4.78 is 13.5. The standard InChI is InChI=1S/C13H13ClFN3/c1-8-9(2)17-13(14)18-12(8)16-7-10-5-3-4-6-11(10)15/h3-6H,7H2,1-2H3,(H,16,17,18). The summed E-state index contributed by atoms with van der Waals surface area (Å²) in [7, 11) is 0. The molecule has 0 atom stereocenters. The van der Waals surface area contributed by atoms with Gasteiger partial charge in [0.25, 0.3) is 0 Å².